The highest BCUT2D eigenvalue weighted by Gasteiger charge is 2.09. The summed E-state index contributed by atoms with van der Waals surface area (Å²) in [6.45, 7) is 4.85. The maximum atomic E-state index is 11.8. The number of thiazole rings is 1. The van der Waals surface area contributed by atoms with Crippen LogP contribution in [0.15, 0.2) is 22.7 Å². The molecule has 1 heterocycles. The minimum atomic E-state index is 0.00138. The topological polar surface area (TPSA) is 42.0 Å². The molecule has 0 aliphatic rings. The van der Waals surface area contributed by atoms with Gasteiger partial charge in [-0.15, -0.1) is 11.3 Å². The fourth-order valence-corrected chi connectivity index (χ4v) is 3.19. The van der Waals surface area contributed by atoms with E-state index in [1.54, 1.807) is 18.0 Å². The Bertz CT molecular complexity index is 388. The van der Waals surface area contributed by atoms with Gasteiger partial charge < -0.3 is 5.32 Å². The third-order valence-electron chi connectivity index (χ3n) is 2.29. The average molecular weight is 284 g/mol. The van der Waals surface area contributed by atoms with Gasteiger partial charge in [-0.1, -0.05) is 30.8 Å². The summed E-state index contributed by atoms with van der Waals surface area (Å²) in [5.41, 5.74) is 0. The van der Waals surface area contributed by atoms with Crippen LogP contribution in [0.4, 0.5) is 0 Å². The fraction of sp³-hybridized carbons (Fsp3) is 0.538. The zero-order chi connectivity index (χ0) is 13.2. The van der Waals surface area contributed by atoms with E-state index >= 15 is 0 Å². The van der Waals surface area contributed by atoms with Gasteiger partial charge in [-0.3, -0.25) is 4.79 Å². The predicted molar refractivity (Wildman–Crippen MR) is 79.5 cm³/mol. The lowest BCUT2D eigenvalue weighted by atomic mass is 10.2. The molecule has 0 saturated carbocycles. The van der Waals surface area contributed by atoms with E-state index in [-0.39, 0.29) is 5.91 Å². The van der Waals surface area contributed by atoms with E-state index in [0.29, 0.717) is 4.88 Å². The molecule has 0 bridgehead atoms. The molecule has 0 radical (unpaired) electrons. The number of thioether (sulfide) groups is 1. The van der Waals surface area contributed by atoms with Gasteiger partial charge in [0, 0.05) is 6.54 Å². The van der Waals surface area contributed by atoms with Crippen molar-refractivity contribution in [2.45, 2.75) is 37.4 Å². The first-order valence-corrected chi connectivity index (χ1v) is 8.06. The summed E-state index contributed by atoms with van der Waals surface area (Å²) < 4.78 is 0.968. The minimum Gasteiger partial charge on any atom is -0.351 e. The van der Waals surface area contributed by atoms with Crippen LogP contribution in [0.1, 0.15) is 42.8 Å². The van der Waals surface area contributed by atoms with Gasteiger partial charge in [-0.2, -0.15) is 0 Å². The Kier molecular flexibility index (Phi) is 7.76. The lowest BCUT2D eigenvalue weighted by molar-refractivity contribution is 0.0957. The normalized spacial score (nSPS) is 11.0. The predicted octanol–water partition coefficient (Wildman–Crippen LogP) is 3.73. The van der Waals surface area contributed by atoms with Crippen molar-refractivity contribution in [1.29, 1.82) is 0 Å². The van der Waals surface area contributed by atoms with Crippen LogP contribution in [0.2, 0.25) is 0 Å². The fourth-order valence-electron chi connectivity index (χ4n) is 1.40. The second-order valence-electron chi connectivity index (χ2n) is 3.74. The van der Waals surface area contributed by atoms with Gasteiger partial charge in [-0.25, -0.2) is 4.98 Å². The Hall–Kier alpha value is -0.810. The maximum absolute atomic E-state index is 11.8. The standard InChI is InChI=1S/C13H20N2OS2/c1-3-5-6-7-8-9-14-12(16)11-10-15-13(18-11)17-4-2/h3,5,10H,4,6-9H2,1-2H3,(H,14,16)/b5-3-. The molecule has 1 amide bonds. The van der Waals surface area contributed by atoms with Gasteiger partial charge in [0.15, 0.2) is 4.34 Å². The van der Waals surface area contributed by atoms with Crippen molar-refractivity contribution in [3.63, 3.8) is 0 Å². The van der Waals surface area contributed by atoms with Crippen molar-refractivity contribution in [1.82, 2.24) is 10.3 Å². The summed E-state index contributed by atoms with van der Waals surface area (Å²) in [5.74, 6) is 0.987. The highest BCUT2D eigenvalue weighted by Crippen LogP contribution is 2.23. The zero-order valence-corrected chi connectivity index (χ0v) is 12.6. The van der Waals surface area contributed by atoms with Crippen molar-refractivity contribution < 1.29 is 4.79 Å². The van der Waals surface area contributed by atoms with Gasteiger partial charge in [0.05, 0.1) is 6.20 Å². The number of hydrogen-bond acceptors (Lipinski definition) is 4. The van der Waals surface area contributed by atoms with Crippen LogP contribution in [0.25, 0.3) is 0 Å². The van der Waals surface area contributed by atoms with E-state index < -0.39 is 0 Å². The monoisotopic (exact) mass is 284 g/mol. The number of nitrogens with one attached hydrogen (secondary N) is 1. The van der Waals surface area contributed by atoms with Gasteiger partial charge in [0.25, 0.3) is 5.91 Å². The van der Waals surface area contributed by atoms with E-state index in [9.17, 15) is 4.79 Å². The number of allylic oxidation sites excluding steroid dienone is 2. The molecule has 1 rings (SSSR count). The Morgan fingerprint density at radius 1 is 1.56 bits per heavy atom. The Morgan fingerprint density at radius 2 is 2.39 bits per heavy atom. The molecule has 0 saturated heterocycles. The van der Waals surface area contributed by atoms with Crippen LogP contribution in [-0.4, -0.2) is 23.2 Å². The molecule has 0 atom stereocenters. The second kappa shape index (κ2) is 9.16. The van der Waals surface area contributed by atoms with Crippen molar-refractivity contribution in [3.05, 3.63) is 23.2 Å². The molecule has 0 aliphatic carbocycles. The van der Waals surface area contributed by atoms with Crippen LogP contribution < -0.4 is 5.32 Å². The summed E-state index contributed by atoms with van der Waals surface area (Å²) in [5, 5.41) is 2.93. The number of unbranched alkanes of at least 4 members (excludes halogenated alkanes) is 2. The minimum absolute atomic E-state index is 0.00138. The zero-order valence-electron chi connectivity index (χ0n) is 10.9. The molecule has 3 nitrogen and oxygen atoms in total. The Labute approximate surface area is 117 Å². The molecular formula is C13H20N2OS2. The van der Waals surface area contributed by atoms with Crippen LogP contribution in [0.5, 0.6) is 0 Å². The second-order valence-corrected chi connectivity index (χ2v) is 6.29. The van der Waals surface area contributed by atoms with Gasteiger partial charge in [-0.05, 0) is 31.9 Å². The summed E-state index contributed by atoms with van der Waals surface area (Å²) in [6.07, 6.45) is 9.10. The van der Waals surface area contributed by atoms with Crippen molar-refractivity contribution in [3.8, 4) is 0 Å². The van der Waals surface area contributed by atoms with Crippen molar-refractivity contribution in [2.24, 2.45) is 0 Å². The SMILES string of the molecule is C/C=C\CCCCNC(=O)c1cnc(SCC)s1. The molecule has 1 aromatic heterocycles. The highest BCUT2D eigenvalue weighted by atomic mass is 32.2. The van der Waals surface area contributed by atoms with Crippen molar-refractivity contribution in [2.75, 3.05) is 12.3 Å². The molecule has 0 aromatic carbocycles. The van der Waals surface area contributed by atoms with Crippen LogP contribution in [0.3, 0.4) is 0 Å². The molecule has 0 aliphatic heterocycles. The van der Waals surface area contributed by atoms with E-state index in [1.807, 2.05) is 6.92 Å². The number of carbonyl (C=O) groups excluding carboxylic acids is 1. The molecule has 1 aromatic rings. The van der Waals surface area contributed by atoms with Crippen molar-refractivity contribution >= 4 is 29.0 Å². The number of rotatable bonds is 8. The summed E-state index contributed by atoms with van der Waals surface area (Å²) >= 11 is 3.14. The third kappa shape index (κ3) is 5.69. The molecule has 18 heavy (non-hydrogen) atoms. The summed E-state index contributed by atoms with van der Waals surface area (Å²) in [6, 6.07) is 0. The Balaban J connectivity index is 2.23. The first kappa shape index (κ1) is 15.2. The van der Waals surface area contributed by atoms with E-state index in [2.05, 4.69) is 29.4 Å². The van der Waals surface area contributed by atoms with E-state index in [4.69, 9.17) is 0 Å². The Morgan fingerprint density at radius 3 is 3.11 bits per heavy atom. The summed E-state index contributed by atoms with van der Waals surface area (Å²) in [7, 11) is 0. The number of hydrogen-bond donors (Lipinski definition) is 1. The highest BCUT2D eigenvalue weighted by molar-refractivity contribution is 8.01. The van der Waals surface area contributed by atoms with Gasteiger partial charge in [0.1, 0.15) is 4.88 Å². The molecular weight excluding hydrogens is 264 g/mol. The first-order chi connectivity index (χ1) is 8.77. The molecule has 1 N–H and O–H groups in total. The molecule has 0 unspecified atom stereocenters. The number of nitrogens with zero attached hydrogens (tertiary/aromatic N) is 1. The average Bonchev–Trinajstić information content (AvgIpc) is 2.82. The third-order valence-corrected chi connectivity index (χ3v) is 4.33. The van der Waals surface area contributed by atoms with Gasteiger partial charge in [0.2, 0.25) is 0 Å². The lowest BCUT2D eigenvalue weighted by Gasteiger charge is -2.01. The van der Waals surface area contributed by atoms with Crippen LogP contribution >= 0.6 is 23.1 Å². The van der Waals surface area contributed by atoms with E-state index in [0.717, 1.165) is 35.9 Å². The number of aromatic nitrogens is 1. The molecule has 0 fully saturated rings. The van der Waals surface area contributed by atoms with E-state index in [1.165, 1.54) is 11.3 Å². The number of amides is 1. The molecule has 5 heteroatoms. The molecule has 100 valence electrons. The molecule has 0 spiro atoms. The number of carbonyl (C=O) groups is 1. The lowest BCUT2D eigenvalue weighted by Crippen LogP contribution is -2.23. The summed E-state index contributed by atoms with van der Waals surface area (Å²) in [4.78, 5) is 16.7. The first-order valence-electron chi connectivity index (χ1n) is 6.26. The van der Waals surface area contributed by atoms with Crippen LogP contribution in [0, 0.1) is 0 Å². The quantitative estimate of drug-likeness (QED) is 0.449. The maximum Gasteiger partial charge on any atom is 0.263 e. The largest absolute Gasteiger partial charge is 0.351 e. The smallest absolute Gasteiger partial charge is 0.263 e. The van der Waals surface area contributed by atoms with Crippen LogP contribution in [-0.2, 0) is 0 Å². The van der Waals surface area contributed by atoms with Gasteiger partial charge >= 0.3 is 0 Å².